The fraction of sp³-hybridized carbons (Fsp3) is 1.00. The van der Waals surface area contributed by atoms with Crippen LogP contribution in [0.2, 0.25) is 0 Å². The van der Waals surface area contributed by atoms with Crippen molar-refractivity contribution >= 4 is 17.0 Å². The molecule has 0 fully saturated rings. The van der Waals surface area contributed by atoms with Gasteiger partial charge < -0.3 is 0 Å². The van der Waals surface area contributed by atoms with E-state index in [0.717, 1.165) is 6.54 Å². The van der Waals surface area contributed by atoms with Crippen LogP contribution in [0.4, 0.5) is 25.2 Å². The molecular formula is C17H41F6N3P2. The van der Waals surface area contributed by atoms with Gasteiger partial charge in [0, 0.05) is 22.3 Å². The molecule has 0 aliphatic carbocycles. The second-order valence-electron chi connectivity index (χ2n) is 7.58. The maximum absolute atomic E-state index is 10.7. The average Bonchev–Trinajstić information content (AvgIpc) is 2.52. The molecule has 0 aromatic carbocycles. The minimum absolute atomic E-state index is 0.160. The molecule has 0 aliphatic rings. The number of halogens is 6. The van der Waals surface area contributed by atoms with E-state index in [1.54, 1.807) is 0 Å². The maximum atomic E-state index is 9.87. The Kier molecular flexibility index (Phi) is 12.7. The molecule has 11 heteroatoms. The van der Waals surface area contributed by atoms with Crippen molar-refractivity contribution in [3.8, 4) is 0 Å². The van der Waals surface area contributed by atoms with E-state index in [2.05, 4.69) is 65.9 Å². The van der Waals surface area contributed by atoms with Gasteiger partial charge in [-0.15, -0.1) is 0 Å². The molecule has 0 aliphatic heterocycles. The van der Waals surface area contributed by atoms with Gasteiger partial charge in [-0.25, -0.2) is 0 Å². The van der Waals surface area contributed by atoms with Gasteiger partial charge in [-0.1, -0.05) is 40.0 Å². The first-order valence-corrected chi connectivity index (χ1v) is 12.6. The second kappa shape index (κ2) is 11.6. The van der Waals surface area contributed by atoms with Crippen molar-refractivity contribution in [2.45, 2.75) is 64.7 Å². The third-order valence-electron chi connectivity index (χ3n) is 4.53. The first-order valence-electron chi connectivity index (χ1n) is 9.90. The second-order valence-corrected chi connectivity index (χ2v) is 10.6. The average molecular weight is 463 g/mol. The van der Waals surface area contributed by atoms with E-state index in [9.17, 15) is 25.2 Å². The Morgan fingerprint density at radius 2 is 0.964 bits per heavy atom. The number of likely N-dealkylation sites (N-methyl/N-ethyl adjacent to an activating group) is 3. The molecule has 0 spiro atoms. The van der Waals surface area contributed by atoms with Gasteiger partial charge in [-0.2, -0.15) is 0 Å². The number of hydrogen-bond donors (Lipinski definition) is 0. The Bertz CT molecular complexity index is 394. The van der Waals surface area contributed by atoms with Crippen LogP contribution in [-0.2, 0) is 0 Å². The zero-order chi connectivity index (χ0) is 22.7. The van der Waals surface area contributed by atoms with E-state index in [-0.39, 0.29) is 5.40 Å². The van der Waals surface area contributed by atoms with Crippen LogP contribution >= 0.6 is 17.0 Å². The van der Waals surface area contributed by atoms with Crippen molar-refractivity contribution in [1.82, 2.24) is 14.7 Å². The van der Waals surface area contributed by atoms with Crippen LogP contribution < -0.4 is 0 Å². The predicted molar refractivity (Wildman–Crippen MR) is 115 cm³/mol. The van der Waals surface area contributed by atoms with Gasteiger partial charge in [0.2, 0.25) is 0 Å². The molecule has 0 saturated heterocycles. The van der Waals surface area contributed by atoms with Gasteiger partial charge in [0.05, 0.1) is 6.54 Å². The molecule has 0 aromatic heterocycles. The molecule has 0 rings (SSSR count). The molecule has 0 aromatic rings. The summed E-state index contributed by atoms with van der Waals surface area (Å²) in [5.74, 6) is 0. The Balaban J connectivity index is 0. The predicted octanol–water partition coefficient (Wildman–Crippen LogP) is 6.83. The number of nitrogens with zero attached hydrogens (tertiary/aromatic N) is 3. The van der Waals surface area contributed by atoms with Gasteiger partial charge in [0.25, 0.3) is 0 Å². The normalized spacial score (nSPS) is 15.5. The fourth-order valence-electron chi connectivity index (χ4n) is 2.68. The summed E-state index contributed by atoms with van der Waals surface area (Å²) in [7, 11) is -1.60. The summed E-state index contributed by atoms with van der Waals surface area (Å²) in [4.78, 5) is 7.67. The monoisotopic (exact) mass is 463 g/mol. The van der Waals surface area contributed by atoms with Crippen LogP contribution in [0.5, 0.6) is 0 Å². The fourth-order valence-corrected chi connectivity index (χ4v) is 3.38. The third kappa shape index (κ3) is 19.6. The summed E-state index contributed by atoms with van der Waals surface area (Å²) in [6.07, 6.45) is 7.70. The van der Waals surface area contributed by atoms with Crippen LogP contribution in [0, 0.1) is 0 Å². The van der Waals surface area contributed by atoms with Crippen molar-refractivity contribution in [3.05, 3.63) is 0 Å². The molecule has 0 heterocycles. The van der Waals surface area contributed by atoms with Crippen LogP contribution in [0.15, 0.2) is 0 Å². The molecule has 0 bridgehead atoms. The van der Waals surface area contributed by atoms with E-state index >= 15 is 0 Å². The van der Waals surface area contributed by atoms with E-state index < -0.39 is 7.81 Å². The Morgan fingerprint density at radius 3 is 1.25 bits per heavy atom. The standard InChI is InChI=1S/C17H40N3P.F6P/c1-7-10-13-18(4)16-17(21,19(5)14-11-8-2)20(6)15-12-9-3;1-7(2,3,4,5)6/h7-16,21H2,1-6H3;/q;-1/p+1. The number of rotatable bonds is 13. The molecule has 0 saturated carbocycles. The van der Waals surface area contributed by atoms with Crippen molar-refractivity contribution in [2.24, 2.45) is 0 Å². The molecule has 0 amide bonds. The van der Waals surface area contributed by atoms with E-state index in [1.807, 2.05) is 0 Å². The SMILES string of the molecule is CCCCN(C)CC([PH3+])(N(C)CCCC)N(C)CCCC.F[P-](F)(F)(F)(F)F. The Hall–Kier alpha value is 0.320. The van der Waals surface area contributed by atoms with Gasteiger partial charge in [-0.3, -0.25) is 14.7 Å². The van der Waals surface area contributed by atoms with E-state index in [1.165, 1.54) is 58.2 Å². The molecule has 3 nitrogen and oxygen atoms in total. The quantitative estimate of drug-likeness (QED) is 0.168. The first-order chi connectivity index (χ1) is 12.4. The summed E-state index contributed by atoms with van der Waals surface area (Å²) in [6, 6.07) is 0. The summed E-state index contributed by atoms with van der Waals surface area (Å²) in [6.45, 7) is 11.6. The minimum atomic E-state index is -10.7. The number of hydrogen-bond acceptors (Lipinski definition) is 3. The summed E-state index contributed by atoms with van der Waals surface area (Å²) >= 11 is 0. The molecule has 176 valence electrons. The third-order valence-corrected chi connectivity index (χ3v) is 5.84. The molecule has 28 heavy (non-hydrogen) atoms. The van der Waals surface area contributed by atoms with E-state index in [0.29, 0.717) is 0 Å². The van der Waals surface area contributed by atoms with Crippen LogP contribution in [0.3, 0.4) is 0 Å². The van der Waals surface area contributed by atoms with Crippen molar-refractivity contribution < 1.29 is 25.2 Å². The Labute approximate surface area is 169 Å². The van der Waals surface area contributed by atoms with Crippen LogP contribution in [0.1, 0.15) is 59.3 Å². The van der Waals surface area contributed by atoms with Crippen molar-refractivity contribution in [2.75, 3.05) is 47.3 Å². The van der Waals surface area contributed by atoms with E-state index in [4.69, 9.17) is 0 Å². The molecule has 0 radical (unpaired) electrons. The number of unbranched alkanes of at least 4 members (excludes halogenated alkanes) is 3. The molecule has 1 unspecified atom stereocenters. The molecule has 0 N–H and O–H groups in total. The van der Waals surface area contributed by atoms with Crippen molar-refractivity contribution in [3.63, 3.8) is 0 Å². The van der Waals surface area contributed by atoms with Gasteiger partial charge in [0.15, 0.2) is 5.40 Å². The summed E-state index contributed by atoms with van der Waals surface area (Å²) in [5.41, 5.74) is 0. The topological polar surface area (TPSA) is 9.72 Å². The summed E-state index contributed by atoms with van der Waals surface area (Å²) in [5, 5.41) is 0.160. The van der Waals surface area contributed by atoms with Gasteiger partial charge >= 0.3 is 33.0 Å². The van der Waals surface area contributed by atoms with Crippen LogP contribution in [-0.4, -0.2) is 67.4 Å². The Morgan fingerprint density at radius 1 is 0.679 bits per heavy atom. The molecular weight excluding hydrogens is 422 g/mol. The van der Waals surface area contributed by atoms with Crippen LogP contribution in [0.25, 0.3) is 0 Å². The zero-order valence-corrected chi connectivity index (χ0v) is 20.6. The van der Waals surface area contributed by atoms with Crippen molar-refractivity contribution in [1.29, 1.82) is 0 Å². The first kappa shape index (κ1) is 30.5. The van der Waals surface area contributed by atoms with Gasteiger partial charge in [-0.05, 0) is 47.0 Å². The summed E-state index contributed by atoms with van der Waals surface area (Å²) < 4.78 is 59.2. The zero-order valence-electron chi connectivity index (χ0n) is 18.3. The van der Waals surface area contributed by atoms with Gasteiger partial charge in [0.1, 0.15) is 0 Å². The molecule has 1 atom stereocenters.